The van der Waals surface area contributed by atoms with Gasteiger partial charge in [0.15, 0.2) is 0 Å². The van der Waals surface area contributed by atoms with Gasteiger partial charge in [-0.3, -0.25) is 0 Å². The zero-order valence-corrected chi connectivity index (χ0v) is 11.2. The summed E-state index contributed by atoms with van der Waals surface area (Å²) in [4.78, 5) is 2.40. The number of nitrogens with zero attached hydrogens (tertiary/aromatic N) is 1. The Morgan fingerprint density at radius 2 is 1.65 bits per heavy atom. The molecule has 0 saturated carbocycles. The standard InChI is InChI=1S/C15H23NO/c1-4-16-7-5-15(17,6-8-16)14-10-12(2)9-13(3)11-14/h9-11,17H,4-8H2,1-3H3. The number of aryl methyl sites for hydroxylation is 2. The highest BCUT2D eigenvalue weighted by Gasteiger charge is 2.33. The average molecular weight is 233 g/mol. The lowest BCUT2D eigenvalue weighted by Gasteiger charge is -2.38. The van der Waals surface area contributed by atoms with Crippen molar-refractivity contribution < 1.29 is 5.11 Å². The first-order valence-corrected chi connectivity index (χ1v) is 6.57. The normalized spacial score (nSPS) is 20.5. The fourth-order valence-electron chi connectivity index (χ4n) is 2.77. The Hall–Kier alpha value is -0.860. The molecule has 0 amide bonds. The summed E-state index contributed by atoms with van der Waals surface area (Å²) in [5.41, 5.74) is 2.98. The van der Waals surface area contributed by atoms with E-state index in [-0.39, 0.29) is 0 Å². The molecular weight excluding hydrogens is 210 g/mol. The number of rotatable bonds is 2. The number of aliphatic hydroxyl groups is 1. The molecule has 1 aromatic carbocycles. The average Bonchev–Trinajstić information content (AvgIpc) is 2.29. The zero-order chi connectivity index (χ0) is 12.5. The lowest BCUT2D eigenvalue weighted by atomic mass is 9.83. The SMILES string of the molecule is CCN1CCC(O)(c2cc(C)cc(C)c2)CC1. The van der Waals surface area contributed by atoms with E-state index in [1.807, 2.05) is 0 Å². The Kier molecular flexibility index (Phi) is 3.55. The third kappa shape index (κ3) is 2.70. The summed E-state index contributed by atoms with van der Waals surface area (Å²) in [5, 5.41) is 10.8. The first-order valence-electron chi connectivity index (χ1n) is 6.57. The molecule has 1 saturated heterocycles. The maximum atomic E-state index is 10.8. The summed E-state index contributed by atoms with van der Waals surface area (Å²) < 4.78 is 0. The van der Waals surface area contributed by atoms with E-state index in [4.69, 9.17) is 0 Å². The van der Waals surface area contributed by atoms with Crippen molar-refractivity contribution in [3.05, 3.63) is 34.9 Å². The van der Waals surface area contributed by atoms with Crippen molar-refractivity contribution >= 4 is 0 Å². The Balaban J connectivity index is 2.21. The second-order valence-corrected chi connectivity index (χ2v) is 5.34. The summed E-state index contributed by atoms with van der Waals surface area (Å²) in [5.74, 6) is 0. The van der Waals surface area contributed by atoms with Crippen molar-refractivity contribution in [1.82, 2.24) is 4.90 Å². The number of likely N-dealkylation sites (tertiary alicyclic amines) is 1. The van der Waals surface area contributed by atoms with Crippen LogP contribution in [-0.2, 0) is 5.60 Å². The molecule has 0 aliphatic carbocycles. The Morgan fingerprint density at radius 3 is 2.12 bits per heavy atom. The molecule has 0 aromatic heterocycles. The van der Waals surface area contributed by atoms with Crippen LogP contribution in [0.1, 0.15) is 36.5 Å². The first kappa shape index (κ1) is 12.6. The molecule has 1 aliphatic rings. The Bertz CT molecular complexity index is 372. The fourth-order valence-corrected chi connectivity index (χ4v) is 2.77. The van der Waals surface area contributed by atoms with Gasteiger partial charge in [0, 0.05) is 13.1 Å². The molecule has 2 rings (SSSR count). The van der Waals surface area contributed by atoms with E-state index < -0.39 is 5.60 Å². The third-order valence-corrected chi connectivity index (χ3v) is 3.89. The van der Waals surface area contributed by atoms with Gasteiger partial charge in [-0.05, 0) is 38.8 Å². The van der Waals surface area contributed by atoms with Crippen LogP contribution >= 0.6 is 0 Å². The molecule has 1 N–H and O–H groups in total. The van der Waals surface area contributed by atoms with Crippen molar-refractivity contribution in [2.45, 2.75) is 39.2 Å². The van der Waals surface area contributed by atoms with Crippen LogP contribution in [0.25, 0.3) is 0 Å². The highest BCUT2D eigenvalue weighted by Crippen LogP contribution is 2.33. The topological polar surface area (TPSA) is 23.5 Å². The van der Waals surface area contributed by atoms with Crippen LogP contribution < -0.4 is 0 Å². The zero-order valence-electron chi connectivity index (χ0n) is 11.2. The molecule has 0 bridgehead atoms. The van der Waals surface area contributed by atoms with Crippen molar-refractivity contribution in [3.63, 3.8) is 0 Å². The summed E-state index contributed by atoms with van der Waals surface area (Å²) in [6, 6.07) is 6.43. The van der Waals surface area contributed by atoms with E-state index in [1.54, 1.807) is 0 Å². The van der Waals surface area contributed by atoms with Gasteiger partial charge in [-0.15, -0.1) is 0 Å². The molecule has 2 heteroatoms. The highest BCUT2D eigenvalue weighted by atomic mass is 16.3. The molecule has 1 fully saturated rings. The van der Waals surface area contributed by atoms with Crippen LogP contribution in [0.2, 0.25) is 0 Å². The van der Waals surface area contributed by atoms with Gasteiger partial charge in [-0.2, -0.15) is 0 Å². The summed E-state index contributed by atoms with van der Waals surface area (Å²) in [7, 11) is 0. The van der Waals surface area contributed by atoms with E-state index in [1.165, 1.54) is 11.1 Å². The van der Waals surface area contributed by atoms with Gasteiger partial charge in [0.05, 0.1) is 5.60 Å². The minimum atomic E-state index is -0.609. The van der Waals surface area contributed by atoms with E-state index in [2.05, 4.69) is 43.9 Å². The second-order valence-electron chi connectivity index (χ2n) is 5.34. The minimum Gasteiger partial charge on any atom is -0.385 e. The largest absolute Gasteiger partial charge is 0.385 e. The monoisotopic (exact) mass is 233 g/mol. The highest BCUT2D eigenvalue weighted by molar-refractivity contribution is 5.32. The molecule has 17 heavy (non-hydrogen) atoms. The predicted octanol–water partition coefficient (Wildman–Crippen LogP) is 2.61. The van der Waals surface area contributed by atoms with Gasteiger partial charge in [-0.25, -0.2) is 0 Å². The Morgan fingerprint density at radius 1 is 1.12 bits per heavy atom. The molecule has 0 radical (unpaired) electrons. The van der Waals surface area contributed by atoms with E-state index in [9.17, 15) is 5.11 Å². The van der Waals surface area contributed by atoms with Crippen molar-refractivity contribution in [3.8, 4) is 0 Å². The van der Waals surface area contributed by atoms with Gasteiger partial charge in [-0.1, -0.05) is 36.2 Å². The molecule has 0 unspecified atom stereocenters. The second kappa shape index (κ2) is 4.79. The molecule has 1 heterocycles. The molecule has 1 aliphatic heterocycles. The molecule has 1 aromatic rings. The summed E-state index contributed by atoms with van der Waals surface area (Å²) in [6.07, 6.45) is 1.70. The van der Waals surface area contributed by atoms with Crippen molar-refractivity contribution in [2.75, 3.05) is 19.6 Å². The number of benzene rings is 1. The maximum absolute atomic E-state index is 10.8. The van der Waals surface area contributed by atoms with E-state index >= 15 is 0 Å². The third-order valence-electron chi connectivity index (χ3n) is 3.89. The number of piperidine rings is 1. The van der Waals surface area contributed by atoms with Crippen LogP contribution in [0, 0.1) is 13.8 Å². The van der Waals surface area contributed by atoms with E-state index in [0.29, 0.717) is 0 Å². The molecule has 94 valence electrons. The summed E-state index contributed by atoms with van der Waals surface area (Å²) >= 11 is 0. The van der Waals surface area contributed by atoms with E-state index in [0.717, 1.165) is 38.0 Å². The Labute approximate surface area is 104 Å². The minimum absolute atomic E-state index is 0.609. The van der Waals surface area contributed by atoms with Gasteiger partial charge in [0.2, 0.25) is 0 Å². The fraction of sp³-hybridized carbons (Fsp3) is 0.600. The predicted molar refractivity (Wildman–Crippen MR) is 71.2 cm³/mol. The smallest absolute Gasteiger partial charge is 0.0921 e. The summed E-state index contributed by atoms with van der Waals surface area (Å²) in [6.45, 7) is 9.46. The quantitative estimate of drug-likeness (QED) is 0.848. The maximum Gasteiger partial charge on any atom is 0.0921 e. The van der Waals surface area contributed by atoms with Crippen LogP contribution in [0.15, 0.2) is 18.2 Å². The van der Waals surface area contributed by atoms with Gasteiger partial charge in [0.25, 0.3) is 0 Å². The van der Waals surface area contributed by atoms with Crippen LogP contribution in [0.5, 0.6) is 0 Å². The lowest BCUT2D eigenvalue weighted by Crippen LogP contribution is -2.42. The van der Waals surface area contributed by atoms with Crippen molar-refractivity contribution in [1.29, 1.82) is 0 Å². The van der Waals surface area contributed by atoms with Gasteiger partial charge >= 0.3 is 0 Å². The molecular formula is C15H23NO. The van der Waals surface area contributed by atoms with Crippen LogP contribution in [-0.4, -0.2) is 29.6 Å². The number of hydrogen-bond donors (Lipinski definition) is 1. The lowest BCUT2D eigenvalue weighted by molar-refractivity contribution is -0.0247. The molecule has 2 nitrogen and oxygen atoms in total. The first-order chi connectivity index (χ1) is 8.03. The van der Waals surface area contributed by atoms with Crippen LogP contribution in [0.4, 0.5) is 0 Å². The van der Waals surface area contributed by atoms with Gasteiger partial charge < -0.3 is 10.0 Å². The van der Waals surface area contributed by atoms with Crippen molar-refractivity contribution in [2.24, 2.45) is 0 Å². The molecule has 0 spiro atoms. The number of hydrogen-bond acceptors (Lipinski definition) is 2. The van der Waals surface area contributed by atoms with Gasteiger partial charge in [0.1, 0.15) is 0 Å². The molecule has 0 atom stereocenters. The van der Waals surface area contributed by atoms with Crippen LogP contribution in [0.3, 0.4) is 0 Å².